The molecule has 109 heavy (non-hydrogen) atoms. The van der Waals surface area contributed by atoms with Crippen molar-refractivity contribution < 1.29 is 75.8 Å². The van der Waals surface area contributed by atoms with Crippen LogP contribution in [0.15, 0.2) is 134 Å². The fourth-order valence-electron chi connectivity index (χ4n) is 11.8. The minimum Gasteiger partial charge on any atom is -0.463 e. The smallest absolute Gasteiger partial charge is 0.463 e. The Labute approximate surface area is 665 Å². The average molecular weight is 1570 g/mol. The van der Waals surface area contributed by atoms with Gasteiger partial charge in [0.1, 0.15) is 25.4 Å². The number of esters is 3. The maximum absolute atomic E-state index is 13.0. The molecule has 0 aromatic heterocycles. The molecule has 18 heteroatoms. The van der Waals surface area contributed by atoms with Crippen LogP contribution in [-0.2, 0) is 55.8 Å². The summed E-state index contributed by atoms with van der Waals surface area (Å²) in [5.41, 5.74) is 0. The lowest BCUT2D eigenvalue weighted by Crippen LogP contribution is -2.30. The molecule has 0 radical (unpaired) electrons. The molecule has 0 aromatic carbocycles. The molecule has 0 spiro atoms. The van der Waals surface area contributed by atoms with Crippen LogP contribution in [0.1, 0.15) is 367 Å². The van der Waals surface area contributed by atoms with Crippen LogP contribution in [-0.4, -0.2) is 95.9 Å². The van der Waals surface area contributed by atoms with Crippen molar-refractivity contribution in [3.8, 4) is 0 Å². The SMILES string of the molecule is CC/C=C\C/C=C\C/C=C\C/C=C\C/C=C\C/C=C\CCCCCCCCCCCCCCCCCCC(=O)OCC(O)COP(=O)(O)OCC(O)COP(=O)(O)OCC(COC(=O)CCCCCCCCC/C=C\C/C=C\C/C=C\C/C=C\C/C=C\CC)OC(=O)CCCCCCCCCCCCCCCCC. The van der Waals surface area contributed by atoms with E-state index in [9.17, 15) is 43.5 Å². The highest BCUT2D eigenvalue weighted by molar-refractivity contribution is 7.47. The van der Waals surface area contributed by atoms with Gasteiger partial charge in [-0.3, -0.25) is 32.5 Å². The Bertz CT molecular complexity index is 2510. The minimum absolute atomic E-state index is 0.104. The van der Waals surface area contributed by atoms with Crippen molar-refractivity contribution in [2.75, 3.05) is 39.6 Å². The minimum atomic E-state index is -4.93. The monoisotopic (exact) mass is 1570 g/mol. The van der Waals surface area contributed by atoms with Gasteiger partial charge in [-0.05, 0) is 116 Å². The van der Waals surface area contributed by atoms with Gasteiger partial charge in [-0.25, -0.2) is 9.13 Å². The van der Waals surface area contributed by atoms with Crippen LogP contribution in [0, 0.1) is 0 Å². The number of hydrogen-bond donors (Lipinski definition) is 4. The molecule has 0 rings (SSSR count). The summed E-state index contributed by atoms with van der Waals surface area (Å²) in [6, 6.07) is 0. The van der Waals surface area contributed by atoms with Crippen molar-refractivity contribution in [2.24, 2.45) is 0 Å². The molecular formula is C91H158O16P2. The van der Waals surface area contributed by atoms with Gasteiger partial charge in [-0.15, -0.1) is 0 Å². The van der Waals surface area contributed by atoms with Crippen molar-refractivity contribution in [1.82, 2.24) is 0 Å². The highest BCUT2D eigenvalue weighted by Gasteiger charge is 2.29. The van der Waals surface area contributed by atoms with Gasteiger partial charge in [0, 0.05) is 19.3 Å². The first-order valence-corrected chi connectivity index (χ1v) is 46.5. The van der Waals surface area contributed by atoms with Gasteiger partial charge in [0.15, 0.2) is 6.10 Å². The van der Waals surface area contributed by atoms with E-state index in [1.54, 1.807) is 0 Å². The maximum Gasteiger partial charge on any atom is 0.472 e. The summed E-state index contributed by atoms with van der Waals surface area (Å²) in [6.45, 7) is 2.49. The zero-order chi connectivity index (χ0) is 79.4. The van der Waals surface area contributed by atoms with E-state index in [4.69, 9.17) is 32.3 Å². The van der Waals surface area contributed by atoms with Crippen LogP contribution in [0.2, 0.25) is 0 Å². The Morgan fingerprint density at radius 3 is 0.771 bits per heavy atom. The number of rotatable bonds is 82. The zero-order valence-corrected chi connectivity index (χ0v) is 70.7. The summed E-state index contributed by atoms with van der Waals surface area (Å²) in [5.74, 6) is -1.57. The summed E-state index contributed by atoms with van der Waals surface area (Å²) in [6.07, 6.45) is 102. The third kappa shape index (κ3) is 84.4. The van der Waals surface area contributed by atoms with Crippen LogP contribution in [0.3, 0.4) is 0 Å². The van der Waals surface area contributed by atoms with E-state index in [1.165, 1.54) is 148 Å². The first-order valence-electron chi connectivity index (χ1n) is 43.5. The van der Waals surface area contributed by atoms with E-state index in [-0.39, 0.29) is 19.3 Å². The molecule has 0 aromatic rings. The highest BCUT2D eigenvalue weighted by Crippen LogP contribution is 2.45. The largest absolute Gasteiger partial charge is 0.472 e. The van der Waals surface area contributed by atoms with E-state index >= 15 is 0 Å². The Morgan fingerprint density at radius 2 is 0.486 bits per heavy atom. The summed E-state index contributed by atoms with van der Waals surface area (Å²) < 4.78 is 61.3. The second-order valence-corrected chi connectivity index (χ2v) is 31.8. The highest BCUT2D eigenvalue weighted by atomic mass is 31.2. The maximum atomic E-state index is 13.0. The van der Waals surface area contributed by atoms with Crippen molar-refractivity contribution in [1.29, 1.82) is 0 Å². The number of hydrogen-bond acceptors (Lipinski definition) is 14. The molecule has 0 amide bonds. The number of phosphoric acid groups is 2. The van der Waals surface area contributed by atoms with Crippen molar-refractivity contribution >= 4 is 33.6 Å². The molecule has 0 fully saturated rings. The molecule has 0 heterocycles. The summed E-state index contributed by atoms with van der Waals surface area (Å²) >= 11 is 0. The number of carbonyl (C=O) groups excluding carboxylic acids is 3. The summed E-state index contributed by atoms with van der Waals surface area (Å²) in [5, 5.41) is 20.7. The predicted molar refractivity (Wildman–Crippen MR) is 454 cm³/mol. The van der Waals surface area contributed by atoms with Crippen molar-refractivity contribution in [2.45, 2.75) is 386 Å². The molecule has 5 atom stereocenters. The molecule has 628 valence electrons. The van der Waals surface area contributed by atoms with Crippen LogP contribution in [0.25, 0.3) is 0 Å². The van der Waals surface area contributed by atoms with Crippen LogP contribution in [0.5, 0.6) is 0 Å². The van der Waals surface area contributed by atoms with Gasteiger partial charge < -0.3 is 34.2 Å². The molecule has 4 N–H and O–H groups in total. The topological polar surface area (TPSA) is 231 Å². The third-order valence-electron chi connectivity index (χ3n) is 18.4. The lowest BCUT2D eigenvalue weighted by Gasteiger charge is -2.21. The Hall–Kier alpha value is -4.31. The molecular weight excluding hydrogens is 1410 g/mol. The number of allylic oxidation sites excluding steroid dienone is 22. The fraction of sp³-hybridized carbons (Fsp3) is 0.725. The molecule has 5 unspecified atom stereocenters. The quantitative estimate of drug-likeness (QED) is 0.0146. The number of unbranched alkanes of at least 4 members (excludes halogenated alkanes) is 37. The van der Waals surface area contributed by atoms with Gasteiger partial charge >= 0.3 is 33.6 Å². The van der Waals surface area contributed by atoms with Gasteiger partial charge in [0.2, 0.25) is 0 Å². The van der Waals surface area contributed by atoms with E-state index in [2.05, 4.69) is 154 Å². The standard InChI is InChI=1S/C91H158O16P2/c1-4-7-10-13-16-19-22-25-28-30-32-34-36-37-38-39-40-41-42-43-44-45-46-47-49-51-52-54-57-59-62-65-68-71-74-77-89(94)101-80-86(92)81-103-108(97,98)104-82-87(93)83-105-109(99,100)106-85-88(107-91(96)79-76-73-70-67-64-61-56-27-24-21-18-15-12-9-6-3)84-102-90(95)78-75-72-69-66-63-60-58-55-53-50-48-35-33-31-29-26-23-20-17-14-11-8-5-2/h7-8,10-11,16-17,19-20,25-26,28-29,32-35,37-38,40-41,50,53,86-88,92-93H,4-6,9,12-15,18,21-24,27,30-31,36,39,42-49,51-52,54-85H2,1-3H3,(H,97,98)(H,99,100)/b10-7-,11-8-,19-16-,20-17-,28-25-,29-26-,34-32-,35-33-,38-37-,41-40-,53-50-. The zero-order valence-electron chi connectivity index (χ0n) is 68.9. The third-order valence-corrected chi connectivity index (χ3v) is 20.3. The summed E-state index contributed by atoms with van der Waals surface area (Å²) in [7, 11) is -9.79. The molecule has 0 saturated carbocycles. The van der Waals surface area contributed by atoms with E-state index in [0.29, 0.717) is 19.3 Å². The number of aliphatic hydroxyl groups excluding tert-OH is 2. The number of carbonyl (C=O) groups is 3. The van der Waals surface area contributed by atoms with Gasteiger partial charge in [0.25, 0.3) is 0 Å². The molecule has 0 bridgehead atoms. The Morgan fingerprint density at radius 1 is 0.266 bits per heavy atom. The normalized spacial score (nSPS) is 14.5. The average Bonchev–Trinajstić information content (AvgIpc) is 0.902. The van der Waals surface area contributed by atoms with Crippen LogP contribution in [0.4, 0.5) is 0 Å². The van der Waals surface area contributed by atoms with Crippen LogP contribution >= 0.6 is 15.6 Å². The molecule has 0 saturated heterocycles. The van der Waals surface area contributed by atoms with Crippen molar-refractivity contribution in [3.05, 3.63) is 134 Å². The number of ether oxygens (including phenoxy) is 3. The predicted octanol–water partition coefficient (Wildman–Crippen LogP) is 26.2. The van der Waals surface area contributed by atoms with Crippen molar-refractivity contribution in [3.63, 3.8) is 0 Å². The second kappa shape index (κ2) is 83.1. The molecule has 0 aliphatic heterocycles. The lowest BCUT2D eigenvalue weighted by atomic mass is 10.0. The molecule has 16 nitrogen and oxygen atoms in total. The second-order valence-electron chi connectivity index (χ2n) is 28.9. The van der Waals surface area contributed by atoms with Gasteiger partial charge in [0.05, 0.1) is 26.4 Å². The molecule has 0 aliphatic rings. The van der Waals surface area contributed by atoms with E-state index in [0.717, 1.165) is 161 Å². The first-order chi connectivity index (χ1) is 53.2. The Kier molecular flexibility index (Phi) is 79.8. The van der Waals surface area contributed by atoms with E-state index < -0.39 is 91.5 Å². The first kappa shape index (κ1) is 105. The van der Waals surface area contributed by atoms with Gasteiger partial charge in [-0.2, -0.15) is 0 Å². The summed E-state index contributed by atoms with van der Waals surface area (Å²) in [4.78, 5) is 58.8. The fourth-order valence-corrected chi connectivity index (χ4v) is 13.4. The number of aliphatic hydroxyl groups is 2. The lowest BCUT2D eigenvalue weighted by molar-refractivity contribution is -0.161. The van der Waals surface area contributed by atoms with E-state index in [1.807, 2.05) is 0 Å². The number of phosphoric ester groups is 2. The molecule has 0 aliphatic carbocycles. The Balaban J connectivity index is 4.43. The van der Waals surface area contributed by atoms with Crippen LogP contribution < -0.4 is 0 Å². The van der Waals surface area contributed by atoms with Gasteiger partial charge in [-0.1, -0.05) is 366 Å².